The molecule has 56 heavy (non-hydrogen) atoms. The maximum Gasteiger partial charge on any atom is 0.306 e. The number of carbonyl (C=O) groups is 2. The van der Waals surface area contributed by atoms with Crippen molar-refractivity contribution < 1.29 is 49.0 Å². The minimum atomic E-state index is -1.60. The van der Waals surface area contributed by atoms with Crippen molar-refractivity contribution in [3.63, 3.8) is 0 Å². The Hall–Kier alpha value is -2.60. The molecule has 10 nitrogen and oxygen atoms in total. The molecule has 1 aliphatic heterocycles. The summed E-state index contributed by atoms with van der Waals surface area (Å²) in [6, 6.07) is 0. The third-order valence-electron chi connectivity index (χ3n) is 9.63. The molecule has 2 unspecified atom stereocenters. The topological polar surface area (TPSA) is 152 Å². The van der Waals surface area contributed by atoms with E-state index < -0.39 is 55.4 Å². The van der Waals surface area contributed by atoms with Crippen molar-refractivity contribution in [3.05, 3.63) is 60.8 Å². The molecule has 0 aromatic carbocycles. The monoisotopic (exact) mass is 791 g/mol. The van der Waals surface area contributed by atoms with Crippen LogP contribution in [0.4, 0.5) is 0 Å². The maximum atomic E-state index is 12.7. The smallest absolute Gasteiger partial charge is 0.306 e. The molecule has 1 fully saturated rings. The van der Waals surface area contributed by atoms with Crippen LogP contribution in [-0.4, -0.2) is 89.0 Å². The number of allylic oxidation sites excluding steroid dienone is 10. The van der Waals surface area contributed by atoms with Gasteiger partial charge in [0, 0.05) is 12.8 Å². The largest absolute Gasteiger partial charge is 0.462 e. The molecule has 0 aromatic rings. The van der Waals surface area contributed by atoms with Crippen molar-refractivity contribution in [2.24, 2.45) is 0 Å². The summed E-state index contributed by atoms with van der Waals surface area (Å²) in [5, 5.41) is 40.0. The Morgan fingerprint density at radius 2 is 1.00 bits per heavy atom. The Morgan fingerprint density at radius 1 is 0.554 bits per heavy atom. The molecule has 4 N–H and O–H groups in total. The van der Waals surface area contributed by atoms with Crippen LogP contribution in [0.15, 0.2) is 60.8 Å². The highest BCUT2D eigenvalue weighted by molar-refractivity contribution is 5.70. The van der Waals surface area contributed by atoms with E-state index in [0.717, 1.165) is 77.0 Å². The number of rotatable bonds is 35. The first-order chi connectivity index (χ1) is 27.3. The first kappa shape index (κ1) is 51.4. The SMILES string of the molecule is CCCCC/C=C/C/C=C/C/C=C/C/C=C/CCCCCC(=O)OC[C@@H](CO[C@H]1O[C@@H](CO)[C@@H](O)C(O)C1O)OC(=O)CCCCCCC/C=C/CCCCC. The Kier molecular flexibility index (Phi) is 33.7. The van der Waals surface area contributed by atoms with E-state index in [1.165, 1.54) is 44.9 Å². The van der Waals surface area contributed by atoms with E-state index >= 15 is 0 Å². The van der Waals surface area contributed by atoms with Crippen LogP contribution in [0.1, 0.15) is 162 Å². The number of aliphatic hydroxyl groups is 4. The Balaban J connectivity index is 2.37. The zero-order valence-electron chi connectivity index (χ0n) is 34.9. The summed E-state index contributed by atoms with van der Waals surface area (Å²) in [7, 11) is 0. The first-order valence-electron chi connectivity index (χ1n) is 21.9. The van der Waals surface area contributed by atoms with Crippen LogP contribution < -0.4 is 0 Å². The minimum absolute atomic E-state index is 0.210. The van der Waals surface area contributed by atoms with Crippen LogP contribution in [-0.2, 0) is 28.5 Å². The zero-order valence-corrected chi connectivity index (χ0v) is 34.9. The van der Waals surface area contributed by atoms with Crippen molar-refractivity contribution in [2.45, 2.75) is 198 Å². The van der Waals surface area contributed by atoms with Gasteiger partial charge in [-0.05, 0) is 83.5 Å². The molecule has 1 rings (SSSR count). The van der Waals surface area contributed by atoms with Crippen LogP contribution in [0, 0.1) is 0 Å². The number of hydrogen-bond donors (Lipinski definition) is 4. The lowest BCUT2D eigenvalue weighted by molar-refractivity contribution is -0.305. The van der Waals surface area contributed by atoms with E-state index in [0.29, 0.717) is 12.8 Å². The number of esters is 2. The van der Waals surface area contributed by atoms with Crippen LogP contribution >= 0.6 is 0 Å². The van der Waals surface area contributed by atoms with Crippen molar-refractivity contribution in [1.29, 1.82) is 0 Å². The highest BCUT2D eigenvalue weighted by atomic mass is 16.7. The minimum Gasteiger partial charge on any atom is -0.462 e. The fourth-order valence-corrected chi connectivity index (χ4v) is 6.11. The maximum absolute atomic E-state index is 12.7. The Bertz CT molecular complexity index is 1100. The van der Waals surface area contributed by atoms with E-state index in [9.17, 15) is 30.0 Å². The molecule has 0 amide bonds. The fraction of sp³-hybridized carbons (Fsp3) is 0.739. The highest BCUT2D eigenvalue weighted by Crippen LogP contribution is 2.22. The van der Waals surface area contributed by atoms with Crippen molar-refractivity contribution in [1.82, 2.24) is 0 Å². The summed E-state index contributed by atoms with van der Waals surface area (Å²) in [5.74, 6) is -0.859. The van der Waals surface area contributed by atoms with Crippen LogP contribution in [0.5, 0.6) is 0 Å². The standard InChI is InChI=1S/C46H78O10/c1-3-5-7-9-11-13-15-17-18-19-20-21-22-23-25-26-28-30-32-34-41(48)53-37-39(38-54-46-45(52)44(51)43(50)40(36-47)56-46)55-42(49)35-33-31-29-27-24-16-14-12-10-8-6-4-2/h11-14,17-18,20-21,23,25,39-40,43-47,50-52H,3-10,15-16,19,22,24,26-38H2,1-2H3/b13-11+,14-12+,18-17+,21-20+,25-23+/t39-,40-,43+,44?,45?,46-/m0/s1. The van der Waals surface area contributed by atoms with Gasteiger partial charge in [-0.3, -0.25) is 9.59 Å². The predicted octanol–water partition coefficient (Wildman–Crippen LogP) is 9.05. The summed E-state index contributed by atoms with van der Waals surface area (Å²) in [6.07, 6.45) is 36.5. The van der Waals surface area contributed by atoms with E-state index in [1.54, 1.807) is 0 Å². The molecule has 0 saturated carbocycles. The van der Waals surface area contributed by atoms with Crippen LogP contribution in [0.3, 0.4) is 0 Å². The average Bonchev–Trinajstić information content (AvgIpc) is 3.19. The fourth-order valence-electron chi connectivity index (χ4n) is 6.11. The van der Waals surface area contributed by atoms with Crippen molar-refractivity contribution >= 4 is 11.9 Å². The third kappa shape index (κ3) is 27.9. The molecule has 0 radical (unpaired) electrons. The molecular weight excluding hydrogens is 712 g/mol. The first-order valence-corrected chi connectivity index (χ1v) is 21.9. The number of hydrogen-bond acceptors (Lipinski definition) is 10. The van der Waals surface area contributed by atoms with Gasteiger partial charge in [0.05, 0.1) is 13.2 Å². The summed E-state index contributed by atoms with van der Waals surface area (Å²) < 4.78 is 22.1. The molecule has 1 heterocycles. The van der Waals surface area contributed by atoms with Gasteiger partial charge in [-0.15, -0.1) is 0 Å². The lowest BCUT2D eigenvalue weighted by Crippen LogP contribution is -2.59. The van der Waals surface area contributed by atoms with Gasteiger partial charge in [-0.25, -0.2) is 0 Å². The molecule has 0 aliphatic carbocycles. The van der Waals surface area contributed by atoms with Gasteiger partial charge in [-0.1, -0.05) is 126 Å². The third-order valence-corrected chi connectivity index (χ3v) is 9.63. The Morgan fingerprint density at radius 3 is 1.54 bits per heavy atom. The quantitative estimate of drug-likeness (QED) is 0.0278. The van der Waals surface area contributed by atoms with Gasteiger partial charge in [0.25, 0.3) is 0 Å². The number of ether oxygens (including phenoxy) is 4. The number of carbonyl (C=O) groups excluding carboxylic acids is 2. The van der Waals surface area contributed by atoms with Gasteiger partial charge >= 0.3 is 11.9 Å². The predicted molar refractivity (Wildman–Crippen MR) is 224 cm³/mol. The number of aliphatic hydroxyl groups excluding tert-OH is 4. The second-order valence-corrected chi connectivity index (χ2v) is 14.8. The van der Waals surface area contributed by atoms with Gasteiger partial charge in [0.1, 0.15) is 31.0 Å². The van der Waals surface area contributed by atoms with Crippen molar-refractivity contribution in [2.75, 3.05) is 19.8 Å². The van der Waals surface area contributed by atoms with E-state index in [1.807, 2.05) is 0 Å². The molecule has 10 heteroatoms. The van der Waals surface area contributed by atoms with E-state index in [2.05, 4.69) is 74.6 Å². The average molecular weight is 791 g/mol. The molecule has 6 atom stereocenters. The van der Waals surface area contributed by atoms with Crippen molar-refractivity contribution in [3.8, 4) is 0 Å². The zero-order chi connectivity index (χ0) is 40.9. The molecule has 1 aliphatic rings. The summed E-state index contributed by atoms with van der Waals surface area (Å²) in [4.78, 5) is 25.3. The molecule has 0 bridgehead atoms. The van der Waals surface area contributed by atoms with Gasteiger partial charge < -0.3 is 39.4 Å². The van der Waals surface area contributed by atoms with E-state index in [4.69, 9.17) is 18.9 Å². The van der Waals surface area contributed by atoms with Gasteiger partial charge in [0.2, 0.25) is 0 Å². The summed E-state index contributed by atoms with van der Waals surface area (Å²) in [5.41, 5.74) is 0. The lowest BCUT2D eigenvalue weighted by atomic mass is 9.99. The highest BCUT2D eigenvalue weighted by Gasteiger charge is 2.44. The van der Waals surface area contributed by atoms with Crippen LogP contribution in [0.2, 0.25) is 0 Å². The molecule has 0 aromatic heterocycles. The molecular formula is C46H78O10. The van der Waals surface area contributed by atoms with Gasteiger partial charge in [-0.2, -0.15) is 0 Å². The van der Waals surface area contributed by atoms with Gasteiger partial charge in [0.15, 0.2) is 12.4 Å². The second-order valence-electron chi connectivity index (χ2n) is 14.8. The molecule has 0 spiro atoms. The number of unbranched alkanes of at least 4 members (excludes halogenated alkanes) is 14. The normalized spacial score (nSPS) is 21.0. The van der Waals surface area contributed by atoms with E-state index in [-0.39, 0.29) is 26.1 Å². The second kappa shape index (κ2) is 36.7. The molecule has 322 valence electrons. The summed E-state index contributed by atoms with van der Waals surface area (Å²) in [6.45, 7) is 3.31. The van der Waals surface area contributed by atoms with Crippen LogP contribution in [0.25, 0.3) is 0 Å². The summed E-state index contributed by atoms with van der Waals surface area (Å²) >= 11 is 0. The molecule has 1 saturated heterocycles. The Labute approximate surface area is 339 Å². The lowest BCUT2D eigenvalue weighted by Gasteiger charge is -2.39.